The molecule has 1 fully saturated rings. The molecule has 1 saturated carbocycles. The van der Waals surface area contributed by atoms with Crippen LogP contribution in [0.5, 0.6) is 5.75 Å². The smallest absolute Gasteiger partial charge is 0.388 e. The Hall–Kier alpha value is -2.55. The van der Waals surface area contributed by atoms with Crippen LogP contribution in [-0.2, 0) is 16.0 Å². The third-order valence-corrected chi connectivity index (χ3v) is 5.93. The minimum atomic E-state index is -0.828. The molecule has 0 atom stereocenters. The van der Waals surface area contributed by atoms with Crippen LogP contribution in [0, 0.1) is 26.1 Å². The summed E-state index contributed by atoms with van der Waals surface area (Å²) in [4.78, 5) is 34.4. The monoisotopic (exact) mass is 450 g/mol. The molecule has 9 nitrogen and oxygen atoms in total. The second kappa shape index (κ2) is 13.1. The molecule has 0 saturated heterocycles. The topological polar surface area (TPSA) is 122 Å². The van der Waals surface area contributed by atoms with E-state index in [1.54, 1.807) is 0 Å². The quantitative estimate of drug-likeness (QED) is 0.120. The Kier molecular flexibility index (Phi) is 10.5. The summed E-state index contributed by atoms with van der Waals surface area (Å²) in [5.41, 5.74) is -1.04. The molecule has 0 aromatic heterocycles. The first kappa shape index (κ1) is 25.7. The van der Waals surface area contributed by atoms with E-state index in [9.17, 15) is 25.0 Å². The van der Waals surface area contributed by atoms with E-state index in [4.69, 9.17) is 9.47 Å². The summed E-state index contributed by atoms with van der Waals surface area (Å²) < 4.78 is 11.2. The van der Waals surface area contributed by atoms with Crippen LogP contribution >= 0.6 is 0 Å². The predicted molar refractivity (Wildman–Crippen MR) is 120 cm³/mol. The second-order valence-corrected chi connectivity index (χ2v) is 8.36. The van der Waals surface area contributed by atoms with Gasteiger partial charge in [0, 0.05) is 12.2 Å². The molecular weight excluding hydrogens is 416 g/mol. The van der Waals surface area contributed by atoms with Crippen LogP contribution in [0.1, 0.15) is 83.6 Å². The average molecular weight is 451 g/mol. The molecule has 2 rings (SSSR count). The maximum Gasteiger partial charge on any atom is 0.388 e. The summed E-state index contributed by atoms with van der Waals surface area (Å²) in [6.07, 6.45) is 8.85. The van der Waals surface area contributed by atoms with E-state index in [2.05, 4.69) is 6.92 Å². The molecule has 9 heteroatoms. The Balaban J connectivity index is 2.07. The van der Waals surface area contributed by atoms with Crippen molar-refractivity contribution in [3.8, 4) is 5.75 Å². The van der Waals surface area contributed by atoms with Gasteiger partial charge in [-0.3, -0.25) is 25.0 Å². The van der Waals surface area contributed by atoms with Crippen molar-refractivity contribution in [1.82, 2.24) is 0 Å². The van der Waals surface area contributed by atoms with Crippen LogP contribution in [0.2, 0.25) is 0 Å². The zero-order chi connectivity index (χ0) is 23.5. The van der Waals surface area contributed by atoms with Crippen molar-refractivity contribution in [3.63, 3.8) is 0 Å². The number of nitro groups is 2. The summed E-state index contributed by atoms with van der Waals surface area (Å²) in [5.74, 6) is -1.33. The molecule has 0 radical (unpaired) electrons. The number of nitrogens with zero attached hydrogens (tertiary/aromatic N) is 2. The van der Waals surface area contributed by atoms with Gasteiger partial charge in [-0.1, -0.05) is 39.5 Å². The number of nitro benzene ring substituents is 2. The molecule has 0 bridgehead atoms. The largest absolute Gasteiger partial charge is 0.419 e. The standard InChI is InChI=1S/C23H34N2O7/c1-3-5-7-9-17-12-15-20(22(25(29)30)21(17)24(27)28)32-23(26)18-10-13-19(14-11-18)31-16-8-6-4-2/h12,15,18-19H,3-11,13-14,16H2,1-2H3. The summed E-state index contributed by atoms with van der Waals surface area (Å²) in [5, 5.41) is 23.3. The molecule has 1 aliphatic rings. The summed E-state index contributed by atoms with van der Waals surface area (Å²) in [6, 6.07) is 2.78. The number of ether oxygens (including phenoxy) is 2. The minimum absolute atomic E-state index is 0.119. The van der Waals surface area contributed by atoms with E-state index < -0.39 is 33.1 Å². The van der Waals surface area contributed by atoms with Crippen molar-refractivity contribution >= 4 is 17.3 Å². The van der Waals surface area contributed by atoms with Gasteiger partial charge in [0.2, 0.25) is 5.75 Å². The number of hydrogen-bond acceptors (Lipinski definition) is 7. The van der Waals surface area contributed by atoms with Crippen LogP contribution in [-0.4, -0.2) is 28.5 Å². The Morgan fingerprint density at radius 2 is 1.56 bits per heavy atom. The Morgan fingerprint density at radius 1 is 0.938 bits per heavy atom. The van der Waals surface area contributed by atoms with Crippen LogP contribution in [0.3, 0.4) is 0 Å². The molecule has 0 unspecified atom stereocenters. The van der Waals surface area contributed by atoms with Crippen molar-refractivity contribution < 1.29 is 24.1 Å². The van der Waals surface area contributed by atoms with Crippen molar-refractivity contribution in [2.75, 3.05) is 6.61 Å². The molecule has 0 amide bonds. The molecular formula is C23H34N2O7. The fourth-order valence-corrected chi connectivity index (χ4v) is 4.09. The summed E-state index contributed by atoms with van der Waals surface area (Å²) in [7, 11) is 0. The fourth-order valence-electron chi connectivity index (χ4n) is 4.09. The van der Waals surface area contributed by atoms with Crippen LogP contribution in [0.4, 0.5) is 11.4 Å². The predicted octanol–water partition coefficient (Wildman–Crippen LogP) is 5.91. The SMILES string of the molecule is CCCCCOC1CCC(C(=O)Oc2ccc(CCCCC)c([N+](=O)[O-])c2[N+](=O)[O-])CC1. The van der Waals surface area contributed by atoms with E-state index in [-0.39, 0.29) is 17.4 Å². The number of rotatable bonds is 13. The van der Waals surface area contributed by atoms with Crippen LogP contribution in [0.15, 0.2) is 12.1 Å². The fraction of sp³-hybridized carbons (Fsp3) is 0.696. The van der Waals surface area contributed by atoms with Gasteiger partial charge < -0.3 is 9.47 Å². The van der Waals surface area contributed by atoms with E-state index in [0.29, 0.717) is 32.3 Å². The number of benzene rings is 1. The highest BCUT2D eigenvalue weighted by atomic mass is 16.6. The van der Waals surface area contributed by atoms with Crippen molar-refractivity contribution in [1.29, 1.82) is 0 Å². The summed E-state index contributed by atoms with van der Waals surface area (Å²) in [6.45, 7) is 4.86. The van der Waals surface area contributed by atoms with E-state index in [1.807, 2.05) is 6.92 Å². The maximum absolute atomic E-state index is 12.7. The minimum Gasteiger partial charge on any atom is -0.419 e. The van der Waals surface area contributed by atoms with Gasteiger partial charge in [0.25, 0.3) is 0 Å². The number of unbranched alkanes of at least 4 members (excludes halogenated alkanes) is 4. The Bertz CT molecular complexity index is 789. The molecule has 0 spiro atoms. The van der Waals surface area contributed by atoms with Crippen LogP contribution in [0.25, 0.3) is 0 Å². The van der Waals surface area contributed by atoms with Gasteiger partial charge in [0.05, 0.1) is 21.9 Å². The maximum atomic E-state index is 12.7. The zero-order valence-electron chi connectivity index (χ0n) is 19.0. The number of esters is 1. The lowest BCUT2D eigenvalue weighted by molar-refractivity contribution is -0.423. The first-order valence-corrected chi connectivity index (χ1v) is 11.7. The van der Waals surface area contributed by atoms with Gasteiger partial charge in [-0.05, 0) is 57.1 Å². The lowest BCUT2D eigenvalue weighted by atomic mass is 9.87. The lowest BCUT2D eigenvalue weighted by Crippen LogP contribution is -2.29. The third kappa shape index (κ3) is 7.25. The molecule has 1 aromatic rings. The van der Waals surface area contributed by atoms with E-state index >= 15 is 0 Å². The van der Waals surface area contributed by atoms with Gasteiger partial charge in [-0.25, -0.2) is 0 Å². The van der Waals surface area contributed by atoms with Gasteiger partial charge in [-0.15, -0.1) is 0 Å². The molecule has 0 aliphatic heterocycles. The normalized spacial score (nSPS) is 18.3. The lowest BCUT2D eigenvalue weighted by Gasteiger charge is -2.27. The van der Waals surface area contributed by atoms with E-state index in [0.717, 1.165) is 44.9 Å². The summed E-state index contributed by atoms with van der Waals surface area (Å²) >= 11 is 0. The van der Waals surface area contributed by atoms with Gasteiger partial charge in [0.1, 0.15) is 0 Å². The van der Waals surface area contributed by atoms with Gasteiger partial charge >= 0.3 is 17.3 Å². The highest BCUT2D eigenvalue weighted by Gasteiger charge is 2.36. The second-order valence-electron chi connectivity index (χ2n) is 8.36. The van der Waals surface area contributed by atoms with Gasteiger partial charge in [-0.2, -0.15) is 0 Å². The van der Waals surface area contributed by atoms with Gasteiger partial charge in [0.15, 0.2) is 0 Å². The van der Waals surface area contributed by atoms with Crippen molar-refractivity contribution in [2.45, 2.75) is 90.6 Å². The zero-order valence-corrected chi connectivity index (χ0v) is 19.0. The molecule has 0 heterocycles. The first-order chi connectivity index (χ1) is 15.4. The van der Waals surface area contributed by atoms with Crippen molar-refractivity contribution in [2.24, 2.45) is 5.92 Å². The van der Waals surface area contributed by atoms with E-state index in [1.165, 1.54) is 12.1 Å². The Morgan fingerprint density at radius 3 is 2.16 bits per heavy atom. The number of carbonyl (C=O) groups excluding carboxylic acids is 1. The number of aryl methyl sites for hydroxylation is 1. The first-order valence-electron chi connectivity index (χ1n) is 11.7. The molecule has 1 aromatic carbocycles. The third-order valence-electron chi connectivity index (χ3n) is 5.93. The average Bonchev–Trinajstić information content (AvgIpc) is 2.77. The highest BCUT2D eigenvalue weighted by Crippen LogP contribution is 2.40. The molecule has 0 N–H and O–H groups in total. The molecule has 1 aliphatic carbocycles. The number of carbonyl (C=O) groups is 1. The Labute approximate surface area is 188 Å². The van der Waals surface area contributed by atoms with Crippen molar-refractivity contribution in [3.05, 3.63) is 37.9 Å². The van der Waals surface area contributed by atoms with Crippen LogP contribution < -0.4 is 4.74 Å². The molecule has 32 heavy (non-hydrogen) atoms. The number of hydrogen-bond donors (Lipinski definition) is 0. The highest BCUT2D eigenvalue weighted by molar-refractivity contribution is 5.78. The molecule has 178 valence electrons.